The Hall–Kier alpha value is -3.42. The molecule has 2 heterocycles. The lowest BCUT2D eigenvalue weighted by molar-refractivity contribution is -0.165. The second kappa shape index (κ2) is 17.8. The van der Waals surface area contributed by atoms with E-state index < -0.39 is 46.9 Å². The number of aliphatic imine (C=N–C) groups is 4. The smallest absolute Gasteiger partial charge is 0.349 e. The summed E-state index contributed by atoms with van der Waals surface area (Å²) >= 11 is 0. The van der Waals surface area contributed by atoms with Gasteiger partial charge in [0, 0.05) is 0 Å². The van der Waals surface area contributed by atoms with E-state index in [0.29, 0.717) is 0 Å². The van der Waals surface area contributed by atoms with Crippen LogP contribution in [0.3, 0.4) is 0 Å². The van der Waals surface area contributed by atoms with Crippen LogP contribution in [0.4, 0.5) is 0 Å². The number of nitrogens with zero attached hydrogens (tertiary/aromatic N) is 6. The van der Waals surface area contributed by atoms with Crippen LogP contribution in [0.25, 0.3) is 0 Å². The van der Waals surface area contributed by atoms with E-state index in [4.69, 9.17) is 40.1 Å². The SMILES string of the molecule is C=CCOC(=O)C1N=C([C@@](CSSC[C@](N=C=O)(OC(C)(C)C)C2=NC(C(=O)OCC=C)N(CN)O2)(N=C=O)OC(C)(C)C)ON1CN. The molecule has 20 heteroatoms. The van der Waals surface area contributed by atoms with Crippen LogP contribution in [0.15, 0.2) is 45.3 Å². The van der Waals surface area contributed by atoms with Crippen molar-refractivity contribution in [1.29, 1.82) is 0 Å². The summed E-state index contributed by atoms with van der Waals surface area (Å²) in [4.78, 5) is 77.0. The average molecular weight is 715 g/mol. The first-order valence-corrected chi connectivity index (χ1v) is 16.9. The maximum Gasteiger partial charge on any atom is 0.349 e. The van der Waals surface area contributed by atoms with Crippen molar-refractivity contribution in [2.24, 2.45) is 31.4 Å². The van der Waals surface area contributed by atoms with Gasteiger partial charge in [-0.15, -0.1) is 0 Å². The molecule has 18 nitrogen and oxygen atoms in total. The van der Waals surface area contributed by atoms with Crippen LogP contribution >= 0.6 is 21.6 Å². The molecule has 0 radical (unpaired) electrons. The van der Waals surface area contributed by atoms with Gasteiger partial charge in [-0.25, -0.2) is 29.2 Å². The predicted molar refractivity (Wildman–Crippen MR) is 177 cm³/mol. The van der Waals surface area contributed by atoms with E-state index in [1.165, 1.54) is 24.3 Å². The molecule has 0 saturated heterocycles. The number of hydroxylamine groups is 4. The maximum atomic E-state index is 12.7. The van der Waals surface area contributed by atoms with Crippen molar-refractivity contribution in [2.75, 3.05) is 38.1 Å². The van der Waals surface area contributed by atoms with E-state index in [2.05, 4.69) is 33.1 Å². The number of carbonyl (C=O) groups excluding carboxylic acids is 4. The van der Waals surface area contributed by atoms with Crippen LogP contribution in [0.1, 0.15) is 41.5 Å². The van der Waals surface area contributed by atoms with Crippen LogP contribution in [-0.4, -0.2) is 119 Å². The fraction of sp³-hybridized carbons (Fsp3) is 0.643. The van der Waals surface area contributed by atoms with Crippen molar-refractivity contribution < 1.29 is 47.8 Å². The summed E-state index contributed by atoms with van der Waals surface area (Å²) in [6.07, 6.45) is 3.12. The molecule has 4 N–H and O–H groups in total. The Balaban J connectivity index is 2.48. The molecule has 2 unspecified atom stereocenters. The summed E-state index contributed by atoms with van der Waals surface area (Å²) in [5.41, 5.74) is 5.89. The lowest BCUT2D eigenvalue weighted by atomic mass is 10.1. The van der Waals surface area contributed by atoms with Crippen molar-refractivity contribution >= 4 is 57.5 Å². The van der Waals surface area contributed by atoms with E-state index >= 15 is 0 Å². The van der Waals surface area contributed by atoms with E-state index in [9.17, 15) is 19.2 Å². The second-order valence-electron chi connectivity index (χ2n) is 11.8. The van der Waals surface area contributed by atoms with Crippen molar-refractivity contribution in [2.45, 2.75) is 76.5 Å². The van der Waals surface area contributed by atoms with Gasteiger partial charge in [0.25, 0.3) is 23.2 Å². The van der Waals surface area contributed by atoms with Crippen LogP contribution in [-0.2, 0) is 47.8 Å². The first kappa shape index (κ1) is 40.8. The Labute approximate surface area is 286 Å². The highest BCUT2D eigenvalue weighted by molar-refractivity contribution is 8.76. The summed E-state index contributed by atoms with van der Waals surface area (Å²) in [5, 5.41) is 2.08. The van der Waals surface area contributed by atoms with Crippen molar-refractivity contribution in [3.8, 4) is 0 Å². The third-order valence-corrected chi connectivity index (χ3v) is 7.96. The van der Waals surface area contributed by atoms with E-state index in [1.807, 2.05) is 0 Å². The zero-order chi connectivity index (χ0) is 36.2. The van der Waals surface area contributed by atoms with Gasteiger partial charge in [-0.05, 0) is 41.5 Å². The van der Waals surface area contributed by atoms with Crippen molar-refractivity contribution in [3.63, 3.8) is 0 Å². The van der Waals surface area contributed by atoms with Gasteiger partial charge in [-0.2, -0.15) is 9.98 Å². The third-order valence-electron chi connectivity index (χ3n) is 5.56. The zero-order valence-corrected chi connectivity index (χ0v) is 29.3. The number of isocyanates is 2. The maximum absolute atomic E-state index is 12.7. The molecule has 0 aliphatic carbocycles. The number of esters is 2. The third kappa shape index (κ3) is 11.1. The van der Waals surface area contributed by atoms with Crippen LogP contribution in [0.2, 0.25) is 0 Å². The number of ether oxygens (including phenoxy) is 4. The fourth-order valence-electron chi connectivity index (χ4n) is 3.99. The highest BCUT2D eigenvalue weighted by atomic mass is 33.1. The van der Waals surface area contributed by atoms with Crippen molar-refractivity contribution in [1.82, 2.24) is 10.1 Å². The van der Waals surface area contributed by atoms with Gasteiger partial charge in [0.1, 0.15) is 13.2 Å². The van der Waals surface area contributed by atoms with Gasteiger partial charge in [-0.1, -0.05) is 57.0 Å². The fourth-order valence-corrected chi connectivity index (χ4v) is 6.43. The molecule has 266 valence electrons. The molecular formula is C28H42N8O10S2. The van der Waals surface area contributed by atoms with Crippen LogP contribution in [0, 0.1) is 0 Å². The second-order valence-corrected chi connectivity index (χ2v) is 14.2. The Morgan fingerprint density at radius 2 is 1.17 bits per heavy atom. The molecule has 0 spiro atoms. The lowest BCUT2D eigenvalue weighted by Gasteiger charge is -2.35. The molecule has 4 atom stereocenters. The highest BCUT2D eigenvalue weighted by Crippen LogP contribution is 2.39. The molecule has 2 rings (SSSR count). The average Bonchev–Trinajstić information content (AvgIpc) is 3.65. The highest BCUT2D eigenvalue weighted by Gasteiger charge is 2.52. The molecule has 48 heavy (non-hydrogen) atoms. The molecule has 0 aromatic rings. The first-order valence-electron chi connectivity index (χ1n) is 14.4. The van der Waals surface area contributed by atoms with Gasteiger partial charge in [-0.3, -0.25) is 0 Å². The normalized spacial score (nSPS) is 20.8. The lowest BCUT2D eigenvalue weighted by Crippen LogP contribution is -2.49. The molecule has 0 aromatic heterocycles. The number of hydrogen-bond acceptors (Lipinski definition) is 20. The van der Waals surface area contributed by atoms with E-state index in [0.717, 1.165) is 31.7 Å². The zero-order valence-electron chi connectivity index (χ0n) is 27.7. The molecule has 0 fully saturated rings. The number of nitrogens with two attached hydrogens (primary N) is 2. The molecule has 0 amide bonds. The monoisotopic (exact) mass is 714 g/mol. The number of carbonyl (C=O) groups is 2. The Morgan fingerprint density at radius 1 is 0.812 bits per heavy atom. The van der Waals surface area contributed by atoms with E-state index in [-0.39, 0.29) is 49.9 Å². The molecule has 2 aliphatic rings. The quantitative estimate of drug-likeness (QED) is 0.0479. The van der Waals surface area contributed by atoms with E-state index in [1.54, 1.807) is 41.5 Å². The molecule has 0 aromatic carbocycles. The molecule has 2 aliphatic heterocycles. The summed E-state index contributed by atoms with van der Waals surface area (Å²) < 4.78 is 22.6. The van der Waals surface area contributed by atoms with Gasteiger partial charge in [0.2, 0.25) is 24.5 Å². The molecule has 0 saturated carbocycles. The number of hydrogen-bond donors (Lipinski definition) is 2. The Bertz CT molecular complexity index is 1240. The summed E-state index contributed by atoms with van der Waals surface area (Å²) in [6.45, 7) is 16.6. The summed E-state index contributed by atoms with van der Waals surface area (Å²) in [5.74, 6) is -2.42. The molecular weight excluding hydrogens is 672 g/mol. The largest absolute Gasteiger partial charge is 0.459 e. The van der Waals surface area contributed by atoms with Gasteiger partial charge >= 0.3 is 11.9 Å². The predicted octanol–water partition coefficient (Wildman–Crippen LogP) is 1.30. The minimum Gasteiger partial charge on any atom is -0.459 e. The summed E-state index contributed by atoms with van der Waals surface area (Å²) in [7, 11) is 2.16. The molecule has 0 bridgehead atoms. The Morgan fingerprint density at radius 3 is 1.44 bits per heavy atom. The summed E-state index contributed by atoms with van der Waals surface area (Å²) in [6, 6.07) is 0. The van der Waals surface area contributed by atoms with Crippen LogP contribution < -0.4 is 11.5 Å². The first-order chi connectivity index (χ1) is 22.5. The Kier molecular flexibility index (Phi) is 15.1. The minimum absolute atomic E-state index is 0.0856. The van der Waals surface area contributed by atoms with Gasteiger partial charge in [0.15, 0.2) is 0 Å². The topological polar surface area (TPSA) is 232 Å². The standard InChI is InChI=1S/C28H42N8O10S2/c1-9-11-41-21(39)19-33-23(43-35(19)15-29)27(31-17-37,45-25(3,4)5)13-47-48-14-28(32-18-38,46-26(6,7)8)24-34-20(36(16-30)44-24)22(40)42-12-10-2/h9-10,19-20H,1-2,11-16,29-30H2,3-8H3/t19?,20?,27-,28-/m0/s1. The van der Waals surface area contributed by atoms with Gasteiger partial charge < -0.3 is 40.1 Å². The van der Waals surface area contributed by atoms with Crippen LogP contribution in [0.5, 0.6) is 0 Å². The van der Waals surface area contributed by atoms with Crippen molar-refractivity contribution in [3.05, 3.63) is 25.3 Å². The number of rotatable bonds is 19. The van der Waals surface area contributed by atoms with Gasteiger partial charge in [0.05, 0.1) is 36.0 Å². The minimum atomic E-state index is -1.92.